The highest BCUT2D eigenvalue weighted by atomic mass is 16.5. The summed E-state index contributed by atoms with van der Waals surface area (Å²) in [5, 5.41) is 0. The van der Waals surface area contributed by atoms with Crippen LogP contribution in [0.1, 0.15) is 48.0 Å². The van der Waals surface area contributed by atoms with Gasteiger partial charge in [-0.15, -0.1) is 0 Å². The molecule has 0 unspecified atom stereocenters. The average molecular weight is 158 g/mol. The van der Waals surface area contributed by atoms with E-state index in [0.717, 1.165) is 18.8 Å². The molecule has 1 aliphatic heterocycles. The van der Waals surface area contributed by atoms with Gasteiger partial charge in [0.15, 0.2) is 0 Å². The predicted octanol–water partition coefficient (Wildman–Crippen LogP) is 3.75. The van der Waals surface area contributed by atoms with Crippen molar-refractivity contribution in [1.82, 2.24) is 0 Å². The third kappa shape index (κ3) is 5.96. The maximum atomic E-state index is 5.14. The third-order valence-corrected chi connectivity index (χ3v) is 1.40. The van der Waals surface area contributed by atoms with E-state index in [-0.39, 0.29) is 0 Å². The molecule has 0 amide bonds. The Morgan fingerprint density at radius 2 is 1.45 bits per heavy atom. The topological polar surface area (TPSA) is 9.23 Å². The molecule has 1 heteroatoms. The van der Waals surface area contributed by atoms with E-state index >= 15 is 0 Å². The lowest BCUT2D eigenvalue weighted by atomic mass is 10.2. The van der Waals surface area contributed by atoms with Crippen molar-refractivity contribution >= 4 is 0 Å². The molecule has 0 N–H and O–H groups in total. The number of hydrogen-bond acceptors (Lipinski definition) is 1. The second-order valence-corrected chi connectivity index (χ2v) is 1.93. The SMILES string of the molecule is CC.CC.CC1=C(C)OCC1. The molecule has 1 aliphatic rings. The minimum Gasteiger partial charge on any atom is -0.498 e. The molecule has 68 valence electrons. The zero-order valence-corrected chi connectivity index (χ0v) is 8.82. The second-order valence-electron chi connectivity index (χ2n) is 1.93. The first-order valence-electron chi connectivity index (χ1n) is 4.60. The van der Waals surface area contributed by atoms with Crippen LogP contribution in [0.2, 0.25) is 0 Å². The summed E-state index contributed by atoms with van der Waals surface area (Å²) in [6.45, 7) is 13.0. The number of allylic oxidation sites excluding steroid dienone is 1. The number of rotatable bonds is 0. The molecular weight excluding hydrogens is 136 g/mol. The quantitative estimate of drug-likeness (QED) is 0.521. The summed E-state index contributed by atoms with van der Waals surface area (Å²) in [6, 6.07) is 0. The highest BCUT2D eigenvalue weighted by Gasteiger charge is 2.04. The van der Waals surface area contributed by atoms with Gasteiger partial charge in [0, 0.05) is 6.42 Å². The van der Waals surface area contributed by atoms with Gasteiger partial charge in [-0.25, -0.2) is 0 Å². The first-order chi connectivity index (χ1) is 5.30. The lowest BCUT2D eigenvalue weighted by Gasteiger charge is -1.91. The Hall–Kier alpha value is -0.460. The number of hydrogen-bond donors (Lipinski definition) is 0. The van der Waals surface area contributed by atoms with Crippen LogP contribution in [0.25, 0.3) is 0 Å². The van der Waals surface area contributed by atoms with Crippen molar-refractivity contribution in [3.8, 4) is 0 Å². The first kappa shape index (κ1) is 13.2. The lowest BCUT2D eigenvalue weighted by molar-refractivity contribution is 0.246. The summed E-state index contributed by atoms with van der Waals surface area (Å²) in [6.07, 6.45) is 1.13. The molecule has 0 saturated heterocycles. The van der Waals surface area contributed by atoms with Crippen molar-refractivity contribution in [3.63, 3.8) is 0 Å². The van der Waals surface area contributed by atoms with Crippen molar-refractivity contribution in [2.24, 2.45) is 0 Å². The Balaban J connectivity index is 0. The Bertz CT molecular complexity index is 91.4. The largest absolute Gasteiger partial charge is 0.498 e. The van der Waals surface area contributed by atoms with Gasteiger partial charge in [0.1, 0.15) is 0 Å². The first-order valence-corrected chi connectivity index (χ1v) is 4.60. The molecule has 1 heterocycles. The van der Waals surface area contributed by atoms with E-state index in [2.05, 4.69) is 6.92 Å². The van der Waals surface area contributed by atoms with Gasteiger partial charge >= 0.3 is 0 Å². The molecule has 11 heavy (non-hydrogen) atoms. The zero-order chi connectivity index (χ0) is 9.28. The van der Waals surface area contributed by atoms with Gasteiger partial charge in [-0.3, -0.25) is 0 Å². The Kier molecular flexibility index (Phi) is 11.4. The van der Waals surface area contributed by atoms with E-state index in [1.165, 1.54) is 5.57 Å². The smallest absolute Gasteiger partial charge is 0.0919 e. The summed E-state index contributed by atoms with van der Waals surface area (Å²) in [5.41, 5.74) is 1.40. The van der Waals surface area contributed by atoms with Crippen LogP contribution in [-0.4, -0.2) is 6.61 Å². The molecule has 0 atom stereocenters. The monoisotopic (exact) mass is 158 g/mol. The van der Waals surface area contributed by atoms with Gasteiger partial charge in [-0.1, -0.05) is 27.7 Å². The van der Waals surface area contributed by atoms with Gasteiger partial charge < -0.3 is 4.74 Å². The average Bonchev–Trinajstić information content (AvgIpc) is 2.44. The predicted molar refractivity (Wildman–Crippen MR) is 51.6 cm³/mol. The summed E-state index contributed by atoms with van der Waals surface area (Å²) >= 11 is 0. The molecule has 0 spiro atoms. The fraction of sp³-hybridized carbons (Fsp3) is 0.800. The van der Waals surface area contributed by atoms with E-state index < -0.39 is 0 Å². The van der Waals surface area contributed by atoms with E-state index in [1.54, 1.807) is 0 Å². The molecule has 0 radical (unpaired) electrons. The Morgan fingerprint density at radius 3 is 1.55 bits per heavy atom. The maximum absolute atomic E-state index is 5.14. The van der Waals surface area contributed by atoms with Gasteiger partial charge in [-0.05, 0) is 19.4 Å². The zero-order valence-electron chi connectivity index (χ0n) is 8.82. The van der Waals surface area contributed by atoms with Crippen LogP contribution >= 0.6 is 0 Å². The van der Waals surface area contributed by atoms with Crippen LogP contribution in [0, 0.1) is 0 Å². The van der Waals surface area contributed by atoms with Crippen LogP contribution in [0.5, 0.6) is 0 Å². The molecule has 0 fully saturated rings. The Morgan fingerprint density at radius 1 is 1.00 bits per heavy atom. The van der Waals surface area contributed by atoms with Crippen LogP contribution in [0.4, 0.5) is 0 Å². The lowest BCUT2D eigenvalue weighted by Crippen LogP contribution is -1.76. The van der Waals surface area contributed by atoms with Gasteiger partial charge in [0.25, 0.3) is 0 Å². The van der Waals surface area contributed by atoms with Crippen LogP contribution in [0.15, 0.2) is 11.3 Å². The van der Waals surface area contributed by atoms with Crippen LogP contribution < -0.4 is 0 Å². The van der Waals surface area contributed by atoms with Crippen molar-refractivity contribution < 1.29 is 4.74 Å². The van der Waals surface area contributed by atoms with Crippen molar-refractivity contribution in [2.75, 3.05) is 6.61 Å². The molecular formula is C10H22O. The second kappa shape index (κ2) is 9.54. The highest BCUT2D eigenvalue weighted by Crippen LogP contribution is 2.16. The van der Waals surface area contributed by atoms with Gasteiger partial charge in [0.2, 0.25) is 0 Å². The summed E-state index contributed by atoms with van der Waals surface area (Å²) in [5.74, 6) is 1.12. The minimum atomic E-state index is 0.900. The van der Waals surface area contributed by atoms with Crippen LogP contribution in [0.3, 0.4) is 0 Å². The number of ether oxygens (including phenoxy) is 1. The molecule has 0 aromatic heterocycles. The standard InChI is InChI=1S/C6H10O.2C2H6/c1-5-3-4-7-6(5)2;2*1-2/h3-4H2,1-2H3;2*1-2H3. The molecule has 0 aliphatic carbocycles. The molecule has 0 aromatic rings. The molecule has 0 bridgehead atoms. The van der Waals surface area contributed by atoms with Crippen molar-refractivity contribution in [1.29, 1.82) is 0 Å². The fourth-order valence-electron chi connectivity index (χ4n) is 0.656. The van der Waals surface area contributed by atoms with E-state index in [1.807, 2.05) is 34.6 Å². The molecule has 0 saturated carbocycles. The van der Waals surface area contributed by atoms with E-state index in [9.17, 15) is 0 Å². The Labute approximate surface area is 71.5 Å². The summed E-state index contributed by atoms with van der Waals surface area (Å²) in [4.78, 5) is 0. The summed E-state index contributed by atoms with van der Waals surface area (Å²) < 4.78 is 5.14. The molecule has 1 nitrogen and oxygen atoms in total. The molecule has 1 rings (SSSR count). The van der Waals surface area contributed by atoms with E-state index in [4.69, 9.17) is 4.74 Å². The van der Waals surface area contributed by atoms with Gasteiger partial charge in [0.05, 0.1) is 12.4 Å². The van der Waals surface area contributed by atoms with Crippen LogP contribution in [-0.2, 0) is 4.74 Å². The maximum Gasteiger partial charge on any atom is 0.0919 e. The highest BCUT2D eigenvalue weighted by molar-refractivity contribution is 5.06. The fourth-order valence-corrected chi connectivity index (χ4v) is 0.656. The van der Waals surface area contributed by atoms with Crippen molar-refractivity contribution in [3.05, 3.63) is 11.3 Å². The normalized spacial score (nSPS) is 14.0. The van der Waals surface area contributed by atoms with E-state index in [0.29, 0.717) is 0 Å². The minimum absolute atomic E-state index is 0.900. The van der Waals surface area contributed by atoms with Crippen molar-refractivity contribution in [2.45, 2.75) is 48.0 Å². The summed E-state index contributed by atoms with van der Waals surface area (Å²) in [7, 11) is 0. The third-order valence-electron chi connectivity index (χ3n) is 1.40. The van der Waals surface area contributed by atoms with Gasteiger partial charge in [-0.2, -0.15) is 0 Å². The molecule has 0 aromatic carbocycles.